The van der Waals surface area contributed by atoms with Crippen molar-refractivity contribution in [1.29, 1.82) is 0 Å². The first-order valence-electron chi connectivity index (χ1n) is 6.74. The highest BCUT2D eigenvalue weighted by atomic mass is 32.2. The van der Waals surface area contributed by atoms with Gasteiger partial charge in [0.05, 0.1) is 15.5 Å². The molecule has 0 aromatic carbocycles. The van der Waals surface area contributed by atoms with Crippen LogP contribution in [0.25, 0.3) is 21.5 Å². The predicted octanol–water partition coefficient (Wildman–Crippen LogP) is 3.95. The second kappa shape index (κ2) is 6.26. The van der Waals surface area contributed by atoms with Gasteiger partial charge in [-0.1, -0.05) is 29.1 Å². The van der Waals surface area contributed by atoms with Crippen LogP contribution in [0.3, 0.4) is 0 Å². The second-order valence-corrected chi connectivity index (χ2v) is 7.46. The van der Waals surface area contributed by atoms with Crippen LogP contribution in [0.1, 0.15) is 5.82 Å². The Labute approximate surface area is 144 Å². The molecule has 23 heavy (non-hydrogen) atoms. The number of thioether (sulfide) groups is 1. The molecule has 0 spiro atoms. The summed E-state index contributed by atoms with van der Waals surface area (Å²) in [6.45, 7) is 0. The molecule has 4 rings (SSSR count). The van der Waals surface area contributed by atoms with Gasteiger partial charge >= 0.3 is 0 Å². The molecule has 0 aliphatic carbocycles. The summed E-state index contributed by atoms with van der Waals surface area (Å²) in [6.07, 6.45) is 0. The fraction of sp³-hybridized carbons (Fsp3) is 0.143. The Kier molecular flexibility index (Phi) is 3.98. The number of thiophene rings is 2. The Bertz CT molecular complexity index is 895. The molecule has 0 radical (unpaired) electrons. The summed E-state index contributed by atoms with van der Waals surface area (Å²) in [5.74, 6) is 2.67. The van der Waals surface area contributed by atoms with Gasteiger partial charge in [-0.25, -0.2) is 0 Å². The molecule has 0 atom stereocenters. The van der Waals surface area contributed by atoms with Gasteiger partial charge in [0.2, 0.25) is 0 Å². The van der Waals surface area contributed by atoms with Gasteiger partial charge in [-0.05, 0) is 22.9 Å². The average molecular weight is 361 g/mol. The summed E-state index contributed by atoms with van der Waals surface area (Å²) < 4.78 is 7.27. The fourth-order valence-corrected chi connectivity index (χ4v) is 4.15. The van der Waals surface area contributed by atoms with Crippen LogP contribution in [-0.4, -0.2) is 24.9 Å². The molecule has 9 heteroatoms. The minimum atomic E-state index is 0.563. The highest BCUT2D eigenvalue weighted by molar-refractivity contribution is 7.98. The third-order valence-electron chi connectivity index (χ3n) is 3.11. The molecule has 4 heterocycles. The monoisotopic (exact) mass is 361 g/mol. The van der Waals surface area contributed by atoms with Crippen LogP contribution in [-0.2, 0) is 12.8 Å². The van der Waals surface area contributed by atoms with E-state index < -0.39 is 0 Å². The number of nitrogens with zero attached hydrogens (tertiary/aromatic N) is 5. The molecule has 0 amide bonds. The molecule has 0 bridgehead atoms. The van der Waals surface area contributed by atoms with Crippen molar-refractivity contribution in [3.05, 3.63) is 40.8 Å². The minimum absolute atomic E-state index is 0.563. The van der Waals surface area contributed by atoms with Crippen molar-refractivity contribution in [3.8, 4) is 21.5 Å². The standard InChI is InChI=1S/C14H11N5OS3/c1-19-12(9-4-2-6-21-9)16-17-14(19)23-8-11-15-13(20-18-11)10-5-3-7-22-10/h2-7H,8H2,1H3. The molecular formula is C14H11N5OS3. The highest BCUT2D eigenvalue weighted by Crippen LogP contribution is 2.28. The summed E-state index contributed by atoms with van der Waals surface area (Å²) >= 11 is 4.77. The molecule has 0 saturated carbocycles. The molecule has 0 aliphatic heterocycles. The zero-order valence-corrected chi connectivity index (χ0v) is 14.5. The fourth-order valence-electron chi connectivity index (χ4n) is 2.00. The summed E-state index contributed by atoms with van der Waals surface area (Å²) in [7, 11) is 1.96. The second-order valence-electron chi connectivity index (χ2n) is 4.62. The van der Waals surface area contributed by atoms with E-state index >= 15 is 0 Å². The number of hydrogen-bond donors (Lipinski definition) is 0. The molecule has 0 aliphatic rings. The molecule has 0 fully saturated rings. The van der Waals surface area contributed by atoms with Crippen LogP contribution in [0, 0.1) is 0 Å². The van der Waals surface area contributed by atoms with Gasteiger partial charge in [-0.15, -0.1) is 32.9 Å². The molecule has 6 nitrogen and oxygen atoms in total. The molecule has 0 N–H and O–H groups in total. The van der Waals surface area contributed by atoms with Crippen LogP contribution < -0.4 is 0 Å². The van der Waals surface area contributed by atoms with E-state index in [-0.39, 0.29) is 0 Å². The van der Waals surface area contributed by atoms with E-state index in [1.54, 1.807) is 34.4 Å². The first kappa shape index (κ1) is 14.6. The SMILES string of the molecule is Cn1c(SCc2noc(-c3cccs3)n2)nnc1-c1cccs1. The van der Waals surface area contributed by atoms with Gasteiger partial charge < -0.3 is 9.09 Å². The maximum Gasteiger partial charge on any atom is 0.268 e. The molecule has 0 unspecified atom stereocenters. The van der Waals surface area contributed by atoms with Crippen LogP contribution in [0.4, 0.5) is 0 Å². The Balaban J connectivity index is 1.48. The Morgan fingerprint density at radius 3 is 2.65 bits per heavy atom. The lowest BCUT2D eigenvalue weighted by Gasteiger charge is -2.00. The predicted molar refractivity (Wildman–Crippen MR) is 91.5 cm³/mol. The van der Waals surface area contributed by atoms with Gasteiger partial charge in [-0.3, -0.25) is 0 Å². The van der Waals surface area contributed by atoms with Crippen molar-refractivity contribution in [2.45, 2.75) is 10.9 Å². The van der Waals surface area contributed by atoms with Crippen molar-refractivity contribution in [1.82, 2.24) is 24.9 Å². The zero-order valence-electron chi connectivity index (χ0n) is 12.0. The molecule has 116 valence electrons. The summed E-state index contributed by atoms with van der Waals surface area (Å²) in [6, 6.07) is 7.97. The van der Waals surface area contributed by atoms with Crippen molar-refractivity contribution >= 4 is 34.4 Å². The lowest BCUT2D eigenvalue weighted by atomic mass is 10.4. The number of rotatable bonds is 5. The van der Waals surface area contributed by atoms with Crippen molar-refractivity contribution in [2.24, 2.45) is 7.05 Å². The summed E-state index contributed by atoms with van der Waals surface area (Å²) in [4.78, 5) is 6.49. The van der Waals surface area contributed by atoms with E-state index in [1.165, 1.54) is 0 Å². The Hall–Kier alpha value is -1.97. The van der Waals surface area contributed by atoms with E-state index in [9.17, 15) is 0 Å². The third kappa shape index (κ3) is 2.94. The zero-order chi connectivity index (χ0) is 15.6. The minimum Gasteiger partial charge on any atom is -0.333 e. The lowest BCUT2D eigenvalue weighted by molar-refractivity contribution is 0.426. The van der Waals surface area contributed by atoms with Crippen molar-refractivity contribution in [3.63, 3.8) is 0 Å². The maximum atomic E-state index is 5.29. The summed E-state index contributed by atoms with van der Waals surface area (Å²) in [5.41, 5.74) is 0. The molecule has 4 aromatic heterocycles. The van der Waals surface area contributed by atoms with Crippen LogP contribution in [0.15, 0.2) is 44.7 Å². The molecule has 4 aromatic rings. The summed E-state index contributed by atoms with van der Waals surface area (Å²) in [5, 5.41) is 17.4. The Morgan fingerprint density at radius 2 is 1.91 bits per heavy atom. The molecular weight excluding hydrogens is 350 g/mol. The highest BCUT2D eigenvalue weighted by Gasteiger charge is 2.14. The largest absolute Gasteiger partial charge is 0.333 e. The lowest BCUT2D eigenvalue weighted by Crippen LogP contribution is -1.94. The smallest absolute Gasteiger partial charge is 0.268 e. The maximum absolute atomic E-state index is 5.29. The van der Waals surface area contributed by atoms with E-state index in [4.69, 9.17) is 4.52 Å². The van der Waals surface area contributed by atoms with E-state index in [2.05, 4.69) is 20.3 Å². The van der Waals surface area contributed by atoms with E-state index in [0.29, 0.717) is 17.5 Å². The van der Waals surface area contributed by atoms with Gasteiger partial charge in [0, 0.05) is 7.05 Å². The first-order chi connectivity index (χ1) is 11.3. The van der Waals surface area contributed by atoms with Gasteiger partial charge in [0.1, 0.15) is 0 Å². The van der Waals surface area contributed by atoms with Crippen LogP contribution in [0.5, 0.6) is 0 Å². The third-order valence-corrected chi connectivity index (χ3v) is 5.85. The number of hydrogen-bond acceptors (Lipinski definition) is 8. The number of aromatic nitrogens is 5. The van der Waals surface area contributed by atoms with Gasteiger partial charge in [0.15, 0.2) is 16.8 Å². The Morgan fingerprint density at radius 1 is 1.13 bits per heavy atom. The quantitative estimate of drug-likeness (QED) is 0.501. The van der Waals surface area contributed by atoms with Crippen LogP contribution >= 0.6 is 34.4 Å². The normalized spacial score (nSPS) is 11.2. The van der Waals surface area contributed by atoms with Crippen molar-refractivity contribution < 1.29 is 4.52 Å². The van der Waals surface area contributed by atoms with Crippen molar-refractivity contribution in [2.75, 3.05) is 0 Å². The first-order valence-corrected chi connectivity index (χ1v) is 9.48. The molecule has 0 saturated heterocycles. The van der Waals surface area contributed by atoms with E-state index in [0.717, 1.165) is 20.7 Å². The topological polar surface area (TPSA) is 69.6 Å². The van der Waals surface area contributed by atoms with Gasteiger partial charge in [-0.2, -0.15) is 4.98 Å². The van der Waals surface area contributed by atoms with Crippen LogP contribution in [0.2, 0.25) is 0 Å². The van der Waals surface area contributed by atoms with Gasteiger partial charge in [0.25, 0.3) is 5.89 Å². The average Bonchev–Trinajstić information content (AvgIpc) is 3.33. The van der Waals surface area contributed by atoms with E-state index in [1.807, 2.05) is 46.6 Å².